The second kappa shape index (κ2) is 6.65. The van der Waals surface area contributed by atoms with Gasteiger partial charge in [0, 0.05) is 19.1 Å². The third-order valence-electron chi connectivity index (χ3n) is 3.92. The van der Waals surface area contributed by atoms with Crippen LogP contribution in [0.2, 0.25) is 10.0 Å². The number of halogens is 2. The molecule has 20 heavy (non-hydrogen) atoms. The van der Waals surface area contributed by atoms with Gasteiger partial charge in [-0.3, -0.25) is 4.90 Å². The number of nitrogens with zero attached hydrogens (tertiary/aromatic N) is 1. The fourth-order valence-electron chi connectivity index (χ4n) is 2.61. The van der Waals surface area contributed by atoms with Gasteiger partial charge in [-0.25, -0.2) is 0 Å². The van der Waals surface area contributed by atoms with E-state index in [1.165, 1.54) is 12.0 Å². The van der Waals surface area contributed by atoms with Crippen LogP contribution in [0.25, 0.3) is 0 Å². The third-order valence-corrected chi connectivity index (χ3v) is 4.66. The third kappa shape index (κ3) is 4.36. The van der Waals surface area contributed by atoms with Crippen LogP contribution in [0.1, 0.15) is 32.8 Å². The maximum atomic E-state index is 6.10. The van der Waals surface area contributed by atoms with Gasteiger partial charge in [-0.05, 0) is 42.6 Å². The van der Waals surface area contributed by atoms with Gasteiger partial charge in [-0.15, -0.1) is 0 Å². The summed E-state index contributed by atoms with van der Waals surface area (Å²) in [5, 5.41) is 4.94. The highest BCUT2D eigenvalue weighted by Crippen LogP contribution is 2.25. The predicted octanol–water partition coefficient (Wildman–Crippen LogP) is 4.20. The van der Waals surface area contributed by atoms with Crippen molar-refractivity contribution in [3.8, 4) is 0 Å². The molecular formula is C16H24Cl2N2. The van der Waals surface area contributed by atoms with Crippen LogP contribution in [0, 0.1) is 5.41 Å². The van der Waals surface area contributed by atoms with Crippen LogP contribution in [-0.2, 0) is 6.54 Å². The van der Waals surface area contributed by atoms with Crippen molar-refractivity contribution in [2.75, 3.05) is 19.6 Å². The lowest BCUT2D eigenvalue weighted by Gasteiger charge is -2.33. The van der Waals surface area contributed by atoms with Gasteiger partial charge in [0.25, 0.3) is 0 Å². The number of hydrogen-bond donors (Lipinski definition) is 1. The van der Waals surface area contributed by atoms with Gasteiger partial charge >= 0.3 is 0 Å². The van der Waals surface area contributed by atoms with Gasteiger partial charge in [0.05, 0.1) is 10.0 Å². The van der Waals surface area contributed by atoms with Crippen LogP contribution in [0.5, 0.6) is 0 Å². The zero-order valence-corrected chi connectivity index (χ0v) is 14.1. The average molecular weight is 315 g/mol. The fraction of sp³-hybridized carbons (Fsp3) is 0.625. The van der Waals surface area contributed by atoms with E-state index in [1.54, 1.807) is 0 Å². The lowest BCUT2D eigenvalue weighted by atomic mass is 9.86. The Morgan fingerprint density at radius 2 is 2.00 bits per heavy atom. The van der Waals surface area contributed by atoms with E-state index >= 15 is 0 Å². The number of nitrogens with one attached hydrogen (secondary N) is 1. The summed E-state index contributed by atoms with van der Waals surface area (Å²) >= 11 is 12.1. The Hall–Kier alpha value is -0.280. The summed E-state index contributed by atoms with van der Waals surface area (Å²) in [6.45, 7) is 11.1. The molecule has 0 spiro atoms. The van der Waals surface area contributed by atoms with Crippen molar-refractivity contribution in [3.63, 3.8) is 0 Å². The number of benzene rings is 1. The van der Waals surface area contributed by atoms with Crippen molar-refractivity contribution < 1.29 is 0 Å². The van der Waals surface area contributed by atoms with Crippen molar-refractivity contribution >= 4 is 23.2 Å². The Labute approximate surface area is 132 Å². The molecule has 1 aromatic carbocycles. The van der Waals surface area contributed by atoms with Crippen LogP contribution >= 0.6 is 23.2 Å². The van der Waals surface area contributed by atoms with Crippen LogP contribution in [0.4, 0.5) is 0 Å². The minimum absolute atomic E-state index is 0.278. The molecule has 0 saturated carbocycles. The highest BCUT2D eigenvalue weighted by atomic mass is 35.5. The molecule has 1 saturated heterocycles. The van der Waals surface area contributed by atoms with Crippen molar-refractivity contribution in [1.29, 1.82) is 0 Å². The second-order valence-corrected chi connectivity index (χ2v) is 7.52. The van der Waals surface area contributed by atoms with E-state index in [2.05, 4.69) is 37.1 Å². The topological polar surface area (TPSA) is 15.3 Å². The van der Waals surface area contributed by atoms with E-state index in [1.807, 2.05) is 12.1 Å². The van der Waals surface area contributed by atoms with Gasteiger partial charge < -0.3 is 5.32 Å². The molecule has 4 heteroatoms. The highest BCUT2D eigenvalue weighted by Gasteiger charge is 2.27. The molecule has 1 fully saturated rings. The average Bonchev–Trinajstić information content (AvgIpc) is 2.59. The molecule has 2 rings (SSSR count). The summed E-state index contributed by atoms with van der Waals surface area (Å²) < 4.78 is 0. The zero-order chi connectivity index (χ0) is 14.8. The first-order valence-electron chi connectivity index (χ1n) is 7.26. The summed E-state index contributed by atoms with van der Waals surface area (Å²) in [6.07, 6.45) is 1.19. The van der Waals surface area contributed by atoms with E-state index in [0.717, 1.165) is 26.2 Å². The van der Waals surface area contributed by atoms with Crippen molar-refractivity contribution in [2.45, 2.75) is 39.8 Å². The molecule has 1 atom stereocenters. The Bertz CT molecular complexity index is 454. The summed E-state index contributed by atoms with van der Waals surface area (Å²) in [5.41, 5.74) is 1.51. The van der Waals surface area contributed by atoms with Gasteiger partial charge in [0.2, 0.25) is 0 Å². The quantitative estimate of drug-likeness (QED) is 0.880. The molecular weight excluding hydrogens is 291 g/mol. The SMILES string of the molecule is CC(C)(C)C1CN(Cc2ccc(Cl)c(Cl)c2)CCCN1. The molecule has 1 N–H and O–H groups in total. The van der Waals surface area contributed by atoms with Gasteiger partial charge in [0.15, 0.2) is 0 Å². The van der Waals surface area contributed by atoms with Crippen molar-refractivity contribution in [3.05, 3.63) is 33.8 Å². The molecule has 0 amide bonds. The minimum Gasteiger partial charge on any atom is -0.312 e. The molecule has 2 nitrogen and oxygen atoms in total. The molecule has 0 aromatic heterocycles. The summed E-state index contributed by atoms with van der Waals surface area (Å²) in [5.74, 6) is 0. The normalized spacial score (nSPS) is 21.8. The largest absolute Gasteiger partial charge is 0.312 e. The van der Waals surface area contributed by atoms with E-state index in [-0.39, 0.29) is 5.41 Å². The Kier molecular flexibility index (Phi) is 5.36. The number of hydrogen-bond acceptors (Lipinski definition) is 2. The van der Waals surface area contributed by atoms with E-state index < -0.39 is 0 Å². The summed E-state index contributed by atoms with van der Waals surface area (Å²) in [6, 6.07) is 6.46. The summed E-state index contributed by atoms with van der Waals surface area (Å²) in [7, 11) is 0. The molecule has 1 aliphatic heterocycles. The smallest absolute Gasteiger partial charge is 0.0595 e. The molecule has 1 aromatic rings. The molecule has 1 aliphatic rings. The maximum absolute atomic E-state index is 6.10. The van der Waals surface area contributed by atoms with Crippen LogP contribution < -0.4 is 5.32 Å². The molecule has 0 bridgehead atoms. The minimum atomic E-state index is 0.278. The lowest BCUT2D eigenvalue weighted by Crippen LogP contribution is -2.46. The highest BCUT2D eigenvalue weighted by molar-refractivity contribution is 6.42. The fourth-order valence-corrected chi connectivity index (χ4v) is 2.93. The van der Waals surface area contributed by atoms with Gasteiger partial charge in [-0.1, -0.05) is 50.0 Å². The standard InChI is InChI=1S/C16H24Cl2N2/c1-16(2,3)15-11-20(8-4-7-19-15)10-12-5-6-13(17)14(18)9-12/h5-6,9,15,19H,4,7-8,10-11H2,1-3H3. The number of rotatable bonds is 2. The van der Waals surface area contributed by atoms with Crippen LogP contribution in [0.3, 0.4) is 0 Å². The Balaban J connectivity index is 2.05. The van der Waals surface area contributed by atoms with Crippen LogP contribution in [-0.4, -0.2) is 30.6 Å². The molecule has 112 valence electrons. The van der Waals surface area contributed by atoms with Crippen molar-refractivity contribution in [1.82, 2.24) is 10.2 Å². The van der Waals surface area contributed by atoms with Gasteiger partial charge in [-0.2, -0.15) is 0 Å². The summed E-state index contributed by atoms with van der Waals surface area (Å²) in [4.78, 5) is 2.51. The van der Waals surface area contributed by atoms with E-state index in [9.17, 15) is 0 Å². The lowest BCUT2D eigenvalue weighted by molar-refractivity contribution is 0.192. The zero-order valence-electron chi connectivity index (χ0n) is 12.5. The Morgan fingerprint density at radius 3 is 2.65 bits per heavy atom. The first kappa shape index (κ1) is 16.1. The molecule has 1 unspecified atom stereocenters. The predicted molar refractivity (Wildman–Crippen MR) is 87.6 cm³/mol. The molecule has 1 heterocycles. The first-order valence-corrected chi connectivity index (χ1v) is 8.01. The first-order chi connectivity index (χ1) is 9.36. The monoisotopic (exact) mass is 314 g/mol. The van der Waals surface area contributed by atoms with E-state index in [4.69, 9.17) is 23.2 Å². The molecule has 0 aliphatic carbocycles. The van der Waals surface area contributed by atoms with Crippen LogP contribution in [0.15, 0.2) is 18.2 Å². The van der Waals surface area contributed by atoms with E-state index in [0.29, 0.717) is 16.1 Å². The van der Waals surface area contributed by atoms with Crippen molar-refractivity contribution in [2.24, 2.45) is 5.41 Å². The Morgan fingerprint density at radius 1 is 1.25 bits per heavy atom. The molecule has 0 radical (unpaired) electrons. The van der Waals surface area contributed by atoms with Gasteiger partial charge in [0.1, 0.15) is 0 Å². The maximum Gasteiger partial charge on any atom is 0.0595 e. The second-order valence-electron chi connectivity index (χ2n) is 6.71.